The van der Waals surface area contributed by atoms with Gasteiger partial charge in [-0.2, -0.15) is 0 Å². The van der Waals surface area contributed by atoms with Crippen LogP contribution in [0, 0.1) is 17.8 Å². The second kappa shape index (κ2) is 3.25. The molecule has 2 aliphatic rings. The monoisotopic (exact) mass is 222 g/mol. The van der Waals surface area contributed by atoms with Crippen LogP contribution in [0.4, 0.5) is 0 Å². The molecule has 2 rings (SSSR count). The minimum absolute atomic E-state index is 0.239. The molecule has 0 heterocycles. The number of rotatable bonds is 1. The summed E-state index contributed by atoms with van der Waals surface area (Å²) in [5, 5.41) is 0.648. The van der Waals surface area contributed by atoms with Gasteiger partial charge in [0.2, 0.25) is 0 Å². The van der Waals surface area contributed by atoms with Crippen LogP contribution < -0.4 is 0 Å². The lowest BCUT2D eigenvalue weighted by Crippen LogP contribution is -2.07. The predicted molar refractivity (Wildman–Crippen MR) is 53.4 cm³/mol. The van der Waals surface area contributed by atoms with E-state index in [4.69, 9.17) is 34.8 Å². The van der Waals surface area contributed by atoms with Crippen molar-refractivity contribution < 1.29 is 0 Å². The molecule has 2 aliphatic carbocycles. The predicted octanol–water partition coefficient (Wildman–Crippen LogP) is 4.08. The zero-order valence-electron chi connectivity index (χ0n) is 6.43. The molecule has 0 nitrogen and oxygen atoms in total. The summed E-state index contributed by atoms with van der Waals surface area (Å²) in [6, 6.07) is 0. The third-order valence-corrected chi connectivity index (χ3v) is 3.85. The standard InChI is InChI=1S/C9H9Cl3/c10-8(9(11)12)7-4-5-1-2-6(7)3-5/h1-2,5-7H,3-4H2. The molecule has 12 heavy (non-hydrogen) atoms. The van der Waals surface area contributed by atoms with E-state index in [1.807, 2.05) is 0 Å². The summed E-state index contributed by atoms with van der Waals surface area (Å²) in [5.41, 5.74) is 0. The minimum Gasteiger partial charge on any atom is -0.0862 e. The Hall–Kier alpha value is 0.350. The molecule has 0 radical (unpaired) electrons. The average Bonchev–Trinajstić information content (AvgIpc) is 2.62. The lowest BCUT2D eigenvalue weighted by atomic mass is 9.94. The van der Waals surface area contributed by atoms with Gasteiger partial charge in [-0.25, -0.2) is 0 Å². The Kier molecular flexibility index (Phi) is 2.42. The van der Waals surface area contributed by atoms with Crippen LogP contribution in [0.2, 0.25) is 0 Å². The molecule has 0 N–H and O–H groups in total. The number of allylic oxidation sites excluding steroid dienone is 3. The van der Waals surface area contributed by atoms with E-state index in [0.29, 0.717) is 22.8 Å². The molecule has 3 heteroatoms. The minimum atomic E-state index is 0.239. The summed E-state index contributed by atoms with van der Waals surface area (Å²) in [7, 11) is 0. The molecule has 1 fully saturated rings. The highest BCUT2D eigenvalue weighted by Crippen LogP contribution is 2.48. The quantitative estimate of drug-likeness (QED) is 0.588. The Morgan fingerprint density at radius 3 is 2.25 bits per heavy atom. The number of hydrogen-bond donors (Lipinski definition) is 0. The first-order chi connectivity index (χ1) is 5.68. The van der Waals surface area contributed by atoms with Crippen LogP contribution in [-0.4, -0.2) is 0 Å². The molecule has 0 spiro atoms. The average molecular weight is 224 g/mol. The maximum absolute atomic E-state index is 6.00. The molecule has 0 aromatic rings. The first kappa shape index (κ1) is 8.93. The van der Waals surface area contributed by atoms with Crippen molar-refractivity contribution in [1.29, 1.82) is 0 Å². The lowest BCUT2D eigenvalue weighted by molar-refractivity contribution is 0.540. The second-order valence-electron chi connectivity index (χ2n) is 3.50. The zero-order valence-corrected chi connectivity index (χ0v) is 8.70. The molecular weight excluding hydrogens is 214 g/mol. The van der Waals surface area contributed by atoms with Gasteiger partial charge < -0.3 is 0 Å². The van der Waals surface area contributed by atoms with Crippen LogP contribution in [0.5, 0.6) is 0 Å². The molecule has 1 saturated carbocycles. The van der Waals surface area contributed by atoms with E-state index in [9.17, 15) is 0 Å². The molecule has 0 amide bonds. The normalized spacial score (nSPS) is 37.4. The van der Waals surface area contributed by atoms with Crippen molar-refractivity contribution in [2.75, 3.05) is 0 Å². The number of hydrogen-bond acceptors (Lipinski definition) is 0. The van der Waals surface area contributed by atoms with Crippen molar-refractivity contribution >= 4 is 34.8 Å². The van der Waals surface area contributed by atoms with E-state index < -0.39 is 0 Å². The molecular formula is C9H9Cl3. The van der Waals surface area contributed by atoms with Crippen LogP contribution in [0.1, 0.15) is 12.8 Å². The van der Waals surface area contributed by atoms with Gasteiger partial charge in [-0.15, -0.1) is 0 Å². The van der Waals surface area contributed by atoms with Crippen molar-refractivity contribution in [3.63, 3.8) is 0 Å². The van der Waals surface area contributed by atoms with Gasteiger partial charge in [0.1, 0.15) is 4.49 Å². The molecule has 0 aromatic heterocycles. The first-order valence-electron chi connectivity index (χ1n) is 4.07. The van der Waals surface area contributed by atoms with E-state index in [-0.39, 0.29) is 4.49 Å². The summed E-state index contributed by atoms with van der Waals surface area (Å²) in [6.07, 6.45) is 6.84. The number of fused-ring (bicyclic) bond motifs is 2. The summed E-state index contributed by atoms with van der Waals surface area (Å²) >= 11 is 17.3. The van der Waals surface area contributed by atoms with E-state index in [1.165, 1.54) is 6.42 Å². The smallest absolute Gasteiger partial charge is 0.0862 e. The molecule has 2 bridgehead atoms. The van der Waals surface area contributed by atoms with Crippen LogP contribution in [0.15, 0.2) is 21.7 Å². The van der Waals surface area contributed by atoms with E-state index in [2.05, 4.69) is 12.2 Å². The molecule has 0 aliphatic heterocycles. The van der Waals surface area contributed by atoms with E-state index >= 15 is 0 Å². The van der Waals surface area contributed by atoms with E-state index in [1.54, 1.807) is 0 Å². The summed E-state index contributed by atoms with van der Waals surface area (Å²) < 4.78 is 0.239. The SMILES string of the molecule is ClC(Cl)=C(Cl)C1CC2C=CC1C2. The van der Waals surface area contributed by atoms with Crippen molar-refractivity contribution in [2.24, 2.45) is 17.8 Å². The summed E-state index contributed by atoms with van der Waals surface area (Å²) in [6.45, 7) is 0. The third kappa shape index (κ3) is 1.41. The molecule has 3 atom stereocenters. The Balaban J connectivity index is 2.18. The highest BCUT2D eigenvalue weighted by molar-refractivity contribution is 6.59. The fourth-order valence-electron chi connectivity index (χ4n) is 2.21. The van der Waals surface area contributed by atoms with Gasteiger partial charge in [0, 0.05) is 5.92 Å². The largest absolute Gasteiger partial charge is 0.121 e. The molecule has 0 aromatic carbocycles. The fourth-order valence-corrected chi connectivity index (χ4v) is 2.74. The molecule has 3 unspecified atom stereocenters. The van der Waals surface area contributed by atoms with Gasteiger partial charge in [-0.1, -0.05) is 47.0 Å². The van der Waals surface area contributed by atoms with Crippen LogP contribution >= 0.6 is 34.8 Å². The van der Waals surface area contributed by atoms with Gasteiger partial charge in [0.25, 0.3) is 0 Å². The zero-order chi connectivity index (χ0) is 8.72. The lowest BCUT2D eigenvalue weighted by Gasteiger charge is -2.16. The van der Waals surface area contributed by atoms with Crippen molar-refractivity contribution in [2.45, 2.75) is 12.8 Å². The number of halogens is 3. The van der Waals surface area contributed by atoms with Crippen LogP contribution in [0.3, 0.4) is 0 Å². The highest BCUT2D eigenvalue weighted by atomic mass is 35.5. The van der Waals surface area contributed by atoms with Crippen LogP contribution in [0.25, 0.3) is 0 Å². The topological polar surface area (TPSA) is 0 Å². The third-order valence-electron chi connectivity index (χ3n) is 2.78. The molecule has 66 valence electrons. The maximum atomic E-state index is 6.00. The molecule has 0 saturated heterocycles. The van der Waals surface area contributed by atoms with Crippen molar-refractivity contribution in [3.8, 4) is 0 Å². The Morgan fingerprint density at radius 1 is 1.08 bits per heavy atom. The Bertz CT molecular complexity index is 250. The first-order valence-corrected chi connectivity index (χ1v) is 5.21. The summed E-state index contributed by atoms with van der Waals surface area (Å²) in [5.74, 6) is 1.67. The van der Waals surface area contributed by atoms with Gasteiger partial charge in [-0.3, -0.25) is 0 Å². The fraction of sp³-hybridized carbons (Fsp3) is 0.556. The summed E-state index contributed by atoms with van der Waals surface area (Å²) in [4.78, 5) is 0. The van der Waals surface area contributed by atoms with Gasteiger partial charge in [0.15, 0.2) is 0 Å². The van der Waals surface area contributed by atoms with Gasteiger partial charge >= 0.3 is 0 Å². The highest BCUT2D eigenvalue weighted by Gasteiger charge is 2.37. The Morgan fingerprint density at radius 2 is 1.83 bits per heavy atom. The second-order valence-corrected chi connectivity index (χ2v) is 4.85. The van der Waals surface area contributed by atoms with Crippen molar-refractivity contribution in [3.05, 3.63) is 21.7 Å². The van der Waals surface area contributed by atoms with Gasteiger partial charge in [-0.05, 0) is 24.7 Å². The van der Waals surface area contributed by atoms with E-state index in [0.717, 1.165) is 6.42 Å². The van der Waals surface area contributed by atoms with Crippen LogP contribution in [-0.2, 0) is 0 Å². The van der Waals surface area contributed by atoms with Gasteiger partial charge in [0.05, 0.1) is 5.03 Å². The van der Waals surface area contributed by atoms with Crippen molar-refractivity contribution in [1.82, 2.24) is 0 Å². The Labute approximate surface area is 87.2 Å². The maximum Gasteiger partial charge on any atom is 0.121 e.